The molecule has 2 amide bonds. The molecule has 0 spiro atoms. The second kappa shape index (κ2) is 6.18. The lowest BCUT2D eigenvalue weighted by Crippen LogP contribution is -2.49. The molecule has 1 aromatic rings. The van der Waals surface area contributed by atoms with Gasteiger partial charge in [0.1, 0.15) is 5.82 Å². The van der Waals surface area contributed by atoms with Crippen molar-refractivity contribution in [1.82, 2.24) is 10.6 Å². The normalized spacial score (nSPS) is 10.8. The SMILES string of the molecule is CC(C)(C)NC(=O)NC(=N)Nc1ccc(I)cc1F. The van der Waals surface area contributed by atoms with E-state index in [1.54, 1.807) is 6.07 Å². The van der Waals surface area contributed by atoms with Gasteiger partial charge in [0.05, 0.1) is 5.69 Å². The van der Waals surface area contributed by atoms with Gasteiger partial charge in [-0.05, 0) is 61.6 Å². The molecule has 0 saturated heterocycles. The number of benzene rings is 1. The summed E-state index contributed by atoms with van der Waals surface area (Å²) in [7, 11) is 0. The number of hydrogen-bond donors (Lipinski definition) is 4. The van der Waals surface area contributed by atoms with E-state index in [1.807, 2.05) is 43.4 Å². The number of rotatable bonds is 1. The molecule has 0 aliphatic rings. The van der Waals surface area contributed by atoms with Crippen molar-refractivity contribution < 1.29 is 9.18 Å². The van der Waals surface area contributed by atoms with Crippen LogP contribution in [0, 0.1) is 14.8 Å². The van der Waals surface area contributed by atoms with Crippen LogP contribution in [-0.2, 0) is 0 Å². The quantitative estimate of drug-likeness (QED) is 0.345. The fraction of sp³-hybridized carbons (Fsp3) is 0.333. The third-order valence-corrected chi connectivity index (χ3v) is 2.59. The molecule has 0 atom stereocenters. The second-order valence-electron chi connectivity index (χ2n) is 4.95. The van der Waals surface area contributed by atoms with Crippen LogP contribution in [0.15, 0.2) is 18.2 Å². The zero-order valence-corrected chi connectivity index (χ0v) is 13.1. The Kier molecular flexibility index (Phi) is 5.10. The molecule has 0 aliphatic heterocycles. The van der Waals surface area contributed by atoms with Crippen LogP contribution in [0.3, 0.4) is 0 Å². The van der Waals surface area contributed by atoms with E-state index in [0.29, 0.717) is 0 Å². The predicted octanol–water partition coefficient (Wildman–Crippen LogP) is 2.87. The number of halogens is 2. The monoisotopic (exact) mass is 378 g/mol. The summed E-state index contributed by atoms with van der Waals surface area (Å²) in [6.07, 6.45) is 0. The molecule has 0 unspecified atom stereocenters. The van der Waals surface area contributed by atoms with Gasteiger partial charge in [0.15, 0.2) is 0 Å². The molecule has 1 aromatic carbocycles. The van der Waals surface area contributed by atoms with Crippen LogP contribution >= 0.6 is 22.6 Å². The van der Waals surface area contributed by atoms with Gasteiger partial charge in [-0.15, -0.1) is 0 Å². The lowest BCUT2D eigenvalue weighted by atomic mass is 10.1. The number of hydrogen-bond acceptors (Lipinski definition) is 2. The molecule has 0 fully saturated rings. The summed E-state index contributed by atoms with van der Waals surface area (Å²) in [6.45, 7) is 5.47. The smallest absolute Gasteiger partial charge is 0.321 e. The van der Waals surface area contributed by atoms with Gasteiger partial charge in [-0.3, -0.25) is 10.7 Å². The third kappa shape index (κ3) is 5.86. The Labute approximate surface area is 125 Å². The average Bonchev–Trinajstić information content (AvgIpc) is 2.19. The van der Waals surface area contributed by atoms with Gasteiger partial charge < -0.3 is 10.6 Å². The second-order valence-corrected chi connectivity index (χ2v) is 6.20. The lowest BCUT2D eigenvalue weighted by Gasteiger charge is -2.21. The highest BCUT2D eigenvalue weighted by Gasteiger charge is 2.14. The zero-order valence-electron chi connectivity index (χ0n) is 10.9. The minimum atomic E-state index is -0.518. The van der Waals surface area contributed by atoms with Gasteiger partial charge in [0, 0.05) is 9.11 Å². The molecule has 0 heterocycles. The molecule has 0 radical (unpaired) electrons. The first kappa shape index (κ1) is 15.7. The first-order chi connectivity index (χ1) is 8.67. The van der Waals surface area contributed by atoms with Crippen molar-refractivity contribution in [2.24, 2.45) is 0 Å². The maximum atomic E-state index is 13.5. The third-order valence-electron chi connectivity index (χ3n) is 1.92. The van der Waals surface area contributed by atoms with Crippen molar-refractivity contribution in [3.05, 3.63) is 27.6 Å². The van der Waals surface area contributed by atoms with Gasteiger partial charge >= 0.3 is 6.03 Å². The predicted molar refractivity (Wildman–Crippen MR) is 81.9 cm³/mol. The minimum absolute atomic E-state index is 0.140. The van der Waals surface area contributed by atoms with E-state index in [4.69, 9.17) is 5.41 Å². The molecule has 19 heavy (non-hydrogen) atoms. The summed E-state index contributed by atoms with van der Waals surface area (Å²) >= 11 is 1.99. The van der Waals surface area contributed by atoms with Gasteiger partial charge in [-0.2, -0.15) is 0 Å². The zero-order chi connectivity index (χ0) is 14.6. The number of amides is 2. The Morgan fingerprint density at radius 1 is 1.37 bits per heavy atom. The van der Waals surface area contributed by atoms with Crippen LogP contribution in [-0.4, -0.2) is 17.5 Å². The van der Waals surface area contributed by atoms with Gasteiger partial charge in [0.25, 0.3) is 0 Å². The van der Waals surface area contributed by atoms with E-state index < -0.39 is 17.4 Å². The van der Waals surface area contributed by atoms with E-state index in [-0.39, 0.29) is 11.6 Å². The number of carbonyl (C=O) groups excluding carboxylic acids is 1. The topological polar surface area (TPSA) is 77.0 Å². The van der Waals surface area contributed by atoms with Crippen molar-refractivity contribution in [1.29, 1.82) is 5.41 Å². The maximum Gasteiger partial charge on any atom is 0.321 e. The van der Waals surface area contributed by atoms with E-state index in [9.17, 15) is 9.18 Å². The minimum Gasteiger partial charge on any atom is -0.333 e. The molecule has 0 aromatic heterocycles. The molecule has 0 bridgehead atoms. The Morgan fingerprint density at radius 2 is 2.00 bits per heavy atom. The lowest BCUT2D eigenvalue weighted by molar-refractivity contribution is 0.236. The summed E-state index contributed by atoms with van der Waals surface area (Å²) in [5.74, 6) is -0.767. The molecular formula is C12H16FIN4O. The van der Waals surface area contributed by atoms with Crippen molar-refractivity contribution in [3.8, 4) is 0 Å². The Bertz CT molecular complexity index is 499. The number of nitrogens with one attached hydrogen (secondary N) is 4. The van der Waals surface area contributed by atoms with Crippen LogP contribution in [0.5, 0.6) is 0 Å². The van der Waals surface area contributed by atoms with Gasteiger partial charge in [-0.1, -0.05) is 0 Å². The van der Waals surface area contributed by atoms with Gasteiger partial charge in [0.2, 0.25) is 5.96 Å². The van der Waals surface area contributed by atoms with Crippen LogP contribution in [0.4, 0.5) is 14.9 Å². The number of urea groups is 1. The average molecular weight is 378 g/mol. The van der Waals surface area contributed by atoms with Crippen molar-refractivity contribution in [2.75, 3.05) is 5.32 Å². The molecular weight excluding hydrogens is 362 g/mol. The summed E-state index contributed by atoms with van der Waals surface area (Å²) in [4.78, 5) is 11.5. The molecule has 5 nitrogen and oxygen atoms in total. The highest BCUT2D eigenvalue weighted by atomic mass is 127. The van der Waals surface area contributed by atoms with Crippen molar-refractivity contribution in [2.45, 2.75) is 26.3 Å². The Morgan fingerprint density at radius 3 is 2.53 bits per heavy atom. The van der Waals surface area contributed by atoms with E-state index in [0.717, 1.165) is 3.57 Å². The Balaban J connectivity index is 2.58. The first-order valence-electron chi connectivity index (χ1n) is 5.57. The van der Waals surface area contributed by atoms with Crippen LogP contribution in [0.2, 0.25) is 0 Å². The molecule has 1 rings (SSSR count). The van der Waals surface area contributed by atoms with E-state index in [1.165, 1.54) is 12.1 Å². The van der Waals surface area contributed by atoms with Crippen LogP contribution < -0.4 is 16.0 Å². The fourth-order valence-corrected chi connectivity index (χ4v) is 1.70. The first-order valence-corrected chi connectivity index (χ1v) is 6.65. The number of guanidine groups is 1. The number of carbonyl (C=O) groups is 1. The standard InChI is InChI=1S/C12H16FIN4O/c1-12(2,3)18-11(19)17-10(15)16-9-5-4-7(14)6-8(9)13/h4-6H,1-3H3,(H4,15,16,17,18,19). The number of anilines is 1. The highest BCUT2D eigenvalue weighted by Crippen LogP contribution is 2.16. The maximum absolute atomic E-state index is 13.5. The van der Waals surface area contributed by atoms with Crippen LogP contribution in [0.1, 0.15) is 20.8 Å². The summed E-state index contributed by atoms with van der Waals surface area (Å²) in [5, 5.41) is 15.0. The van der Waals surface area contributed by atoms with E-state index >= 15 is 0 Å². The molecule has 104 valence electrons. The van der Waals surface area contributed by atoms with E-state index in [2.05, 4.69) is 16.0 Å². The molecule has 7 heteroatoms. The fourth-order valence-electron chi connectivity index (χ4n) is 1.24. The molecule has 0 aliphatic carbocycles. The van der Waals surface area contributed by atoms with Crippen molar-refractivity contribution >= 4 is 40.3 Å². The largest absolute Gasteiger partial charge is 0.333 e. The van der Waals surface area contributed by atoms with Gasteiger partial charge in [-0.25, -0.2) is 9.18 Å². The van der Waals surface area contributed by atoms with Crippen molar-refractivity contribution in [3.63, 3.8) is 0 Å². The summed E-state index contributed by atoms with van der Waals surface area (Å²) in [6, 6.07) is 4.03. The Hall–Kier alpha value is -1.38. The molecule has 4 N–H and O–H groups in total. The molecule has 0 saturated carbocycles. The van der Waals surface area contributed by atoms with Crippen LogP contribution in [0.25, 0.3) is 0 Å². The summed E-state index contributed by atoms with van der Waals surface area (Å²) < 4.78 is 14.3. The highest BCUT2D eigenvalue weighted by molar-refractivity contribution is 14.1. The summed E-state index contributed by atoms with van der Waals surface area (Å²) in [5.41, 5.74) is -0.264.